The van der Waals surface area contributed by atoms with Gasteiger partial charge in [-0.3, -0.25) is 0 Å². The topological polar surface area (TPSA) is 17.8 Å². The second kappa shape index (κ2) is 4.53. The molecule has 18 heavy (non-hydrogen) atoms. The van der Waals surface area contributed by atoms with Crippen LogP contribution in [0.3, 0.4) is 0 Å². The molecular weight excluding hydrogens is 295 g/mol. The average molecular weight is 305 g/mol. The van der Waals surface area contributed by atoms with Gasteiger partial charge in [-0.15, -0.1) is 0 Å². The van der Waals surface area contributed by atoms with Crippen LogP contribution in [0.15, 0.2) is 53.3 Å². The zero-order valence-electron chi connectivity index (χ0n) is 9.48. The minimum Gasteiger partial charge on any atom is -0.326 e. The SMILES string of the molecule is Fc1cc(Br)cc(Cn2cnc3ccccc32)c1. The maximum Gasteiger partial charge on any atom is 0.124 e. The lowest BCUT2D eigenvalue weighted by molar-refractivity contribution is 0.623. The molecule has 2 nitrogen and oxygen atoms in total. The molecule has 1 aromatic heterocycles. The molecule has 0 unspecified atom stereocenters. The van der Waals surface area contributed by atoms with Crippen molar-refractivity contribution in [1.29, 1.82) is 0 Å². The van der Waals surface area contributed by atoms with Gasteiger partial charge < -0.3 is 4.57 Å². The fourth-order valence-corrected chi connectivity index (χ4v) is 2.55. The Balaban J connectivity index is 2.01. The van der Waals surface area contributed by atoms with E-state index in [-0.39, 0.29) is 5.82 Å². The van der Waals surface area contributed by atoms with Gasteiger partial charge in [-0.2, -0.15) is 0 Å². The van der Waals surface area contributed by atoms with Crippen LogP contribution >= 0.6 is 15.9 Å². The molecule has 0 fully saturated rings. The van der Waals surface area contributed by atoms with Gasteiger partial charge in [0.2, 0.25) is 0 Å². The van der Waals surface area contributed by atoms with Gasteiger partial charge in [-0.25, -0.2) is 9.37 Å². The molecule has 0 spiro atoms. The van der Waals surface area contributed by atoms with E-state index in [1.165, 1.54) is 6.07 Å². The fourth-order valence-electron chi connectivity index (χ4n) is 2.04. The lowest BCUT2D eigenvalue weighted by atomic mass is 10.2. The summed E-state index contributed by atoms with van der Waals surface area (Å²) >= 11 is 3.30. The number of nitrogens with zero attached hydrogens (tertiary/aromatic N) is 2. The van der Waals surface area contributed by atoms with E-state index in [0.29, 0.717) is 6.54 Å². The second-order valence-corrected chi connectivity index (χ2v) is 5.05. The summed E-state index contributed by atoms with van der Waals surface area (Å²) in [5.74, 6) is -0.233. The first-order valence-corrected chi connectivity index (χ1v) is 6.36. The van der Waals surface area contributed by atoms with Crippen LogP contribution in [0.4, 0.5) is 4.39 Å². The Bertz CT molecular complexity index is 686. The zero-order chi connectivity index (χ0) is 12.5. The third kappa shape index (κ3) is 2.16. The fraction of sp³-hybridized carbons (Fsp3) is 0.0714. The molecule has 0 atom stereocenters. The third-order valence-electron chi connectivity index (χ3n) is 2.80. The van der Waals surface area contributed by atoms with Gasteiger partial charge in [0.15, 0.2) is 0 Å². The van der Waals surface area contributed by atoms with Gasteiger partial charge in [0, 0.05) is 11.0 Å². The number of hydrogen-bond donors (Lipinski definition) is 0. The Hall–Kier alpha value is -1.68. The summed E-state index contributed by atoms with van der Waals surface area (Å²) in [6.45, 7) is 0.608. The van der Waals surface area contributed by atoms with E-state index < -0.39 is 0 Å². The molecule has 0 saturated heterocycles. The van der Waals surface area contributed by atoms with E-state index >= 15 is 0 Å². The van der Waals surface area contributed by atoms with E-state index in [0.717, 1.165) is 21.1 Å². The first kappa shape index (κ1) is 11.4. The molecule has 3 rings (SSSR count). The van der Waals surface area contributed by atoms with E-state index in [9.17, 15) is 4.39 Å². The highest BCUT2D eigenvalue weighted by Crippen LogP contribution is 2.18. The summed E-state index contributed by atoms with van der Waals surface area (Å²) < 4.78 is 16.1. The van der Waals surface area contributed by atoms with Crippen LogP contribution in [0.1, 0.15) is 5.56 Å². The number of hydrogen-bond acceptors (Lipinski definition) is 1. The number of fused-ring (bicyclic) bond motifs is 1. The quantitative estimate of drug-likeness (QED) is 0.700. The van der Waals surface area contributed by atoms with Crippen molar-refractivity contribution in [3.63, 3.8) is 0 Å². The molecule has 0 aliphatic rings. The Morgan fingerprint density at radius 2 is 2.00 bits per heavy atom. The van der Waals surface area contributed by atoms with Crippen LogP contribution in [0, 0.1) is 5.82 Å². The molecule has 0 aliphatic heterocycles. The molecule has 0 bridgehead atoms. The first-order valence-electron chi connectivity index (χ1n) is 5.57. The van der Waals surface area contributed by atoms with Crippen LogP contribution in [-0.4, -0.2) is 9.55 Å². The Labute approximate surface area is 112 Å². The summed E-state index contributed by atoms with van der Waals surface area (Å²) in [7, 11) is 0. The number of halogens is 2. The molecule has 0 aliphatic carbocycles. The minimum absolute atomic E-state index is 0.233. The molecule has 0 radical (unpaired) electrons. The van der Waals surface area contributed by atoms with Gasteiger partial charge in [0.05, 0.1) is 17.4 Å². The van der Waals surface area contributed by atoms with Crippen LogP contribution < -0.4 is 0 Å². The van der Waals surface area contributed by atoms with Gasteiger partial charge in [0.1, 0.15) is 5.82 Å². The van der Waals surface area contributed by atoms with Gasteiger partial charge in [-0.05, 0) is 35.9 Å². The average Bonchev–Trinajstić information content (AvgIpc) is 2.72. The minimum atomic E-state index is -0.233. The van der Waals surface area contributed by atoms with Crippen molar-refractivity contribution in [2.75, 3.05) is 0 Å². The zero-order valence-corrected chi connectivity index (χ0v) is 11.1. The van der Waals surface area contributed by atoms with Crippen LogP contribution in [-0.2, 0) is 6.54 Å². The Morgan fingerprint density at radius 3 is 2.83 bits per heavy atom. The first-order chi connectivity index (χ1) is 8.72. The highest BCUT2D eigenvalue weighted by Gasteiger charge is 2.04. The number of aromatic nitrogens is 2. The van der Waals surface area contributed by atoms with Crippen LogP contribution in [0.5, 0.6) is 0 Å². The molecule has 90 valence electrons. The number of para-hydroxylation sites is 2. The smallest absolute Gasteiger partial charge is 0.124 e. The standard InChI is InChI=1S/C14H10BrFN2/c15-11-5-10(6-12(16)7-11)8-18-9-17-13-3-1-2-4-14(13)18/h1-7,9H,8H2. The Kier molecular flexibility index (Phi) is 2.88. The monoisotopic (exact) mass is 304 g/mol. The van der Waals surface area contributed by atoms with Crippen molar-refractivity contribution in [2.24, 2.45) is 0 Å². The molecule has 1 heterocycles. The van der Waals surface area contributed by atoms with E-state index in [1.807, 2.05) is 34.9 Å². The van der Waals surface area contributed by atoms with E-state index in [4.69, 9.17) is 0 Å². The molecule has 0 N–H and O–H groups in total. The molecule has 0 saturated carbocycles. The molecule has 3 aromatic rings. The van der Waals surface area contributed by atoms with Crippen LogP contribution in [0.25, 0.3) is 11.0 Å². The highest BCUT2D eigenvalue weighted by molar-refractivity contribution is 9.10. The summed E-state index contributed by atoms with van der Waals surface area (Å²) in [6.07, 6.45) is 1.78. The van der Waals surface area contributed by atoms with Crippen molar-refractivity contribution in [2.45, 2.75) is 6.54 Å². The van der Waals surface area contributed by atoms with E-state index in [2.05, 4.69) is 20.9 Å². The normalized spacial score (nSPS) is 11.0. The predicted molar refractivity (Wildman–Crippen MR) is 72.9 cm³/mol. The number of rotatable bonds is 2. The van der Waals surface area contributed by atoms with Crippen molar-refractivity contribution in [3.8, 4) is 0 Å². The summed E-state index contributed by atoms with van der Waals surface area (Å²) in [4.78, 5) is 4.32. The maximum atomic E-state index is 13.3. The van der Waals surface area contributed by atoms with Crippen molar-refractivity contribution in [1.82, 2.24) is 9.55 Å². The second-order valence-electron chi connectivity index (χ2n) is 4.14. The number of benzene rings is 2. The molecule has 4 heteroatoms. The number of imidazole rings is 1. The summed E-state index contributed by atoms with van der Waals surface area (Å²) in [5, 5.41) is 0. The molecular formula is C14H10BrFN2. The summed E-state index contributed by atoms with van der Waals surface area (Å²) in [6, 6.07) is 12.8. The Morgan fingerprint density at radius 1 is 1.17 bits per heavy atom. The largest absolute Gasteiger partial charge is 0.326 e. The highest BCUT2D eigenvalue weighted by atomic mass is 79.9. The predicted octanol–water partition coefficient (Wildman–Crippen LogP) is 3.99. The van der Waals surface area contributed by atoms with Crippen molar-refractivity contribution < 1.29 is 4.39 Å². The third-order valence-corrected chi connectivity index (χ3v) is 3.26. The van der Waals surface area contributed by atoms with Gasteiger partial charge in [0.25, 0.3) is 0 Å². The molecule has 0 amide bonds. The van der Waals surface area contributed by atoms with E-state index in [1.54, 1.807) is 12.4 Å². The maximum absolute atomic E-state index is 13.3. The van der Waals surface area contributed by atoms with Gasteiger partial charge >= 0.3 is 0 Å². The lowest BCUT2D eigenvalue weighted by Crippen LogP contribution is -1.98. The van der Waals surface area contributed by atoms with Crippen LogP contribution in [0.2, 0.25) is 0 Å². The summed E-state index contributed by atoms with van der Waals surface area (Å²) in [5.41, 5.74) is 2.91. The lowest BCUT2D eigenvalue weighted by Gasteiger charge is -2.05. The van der Waals surface area contributed by atoms with Gasteiger partial charge in [-0.1, -0.05) is 28.1 Å². The van der Waals surface area contributed by atoms with Crippen molar-refractivity contribution >= 4 is 27.0 Å². The van der Waals surface area contributed by atoms with Crippen molar-refractivity contribution in [3.05, 3.63) is 64.6 Å². The molecule has 2 aromatic carbocycles.